The fourth-order valence-corrected chi connectivity index (χ4v) is 3.99. The fourth-order valence-electron chi connectivity index (χ4n) is 2.90. The number of rotatable bonds is 6. The van der Waals surface area contributed by atoms with E-state index in [0.717, 1.165) is 10.7 Å². The highest BCUT2D eigenvalue weighted by Crippen LogP contribution is 2.37. The van der Waals surface area contributed by atoms with Gasteiger partial charge in [0.2, 0.25) is 17.8 Å². The van der Waals surface area contributed by atoms with Crippen LogP contribution in [0.15, 0.2) is 28.4 Å². The Labute approximate surface area is 174 Å². The van der Waals surface area contributed by atoms with E-state index in [0.29, 0.717) is 49.6 Å². The summed E-state index contributed by atoms with van der Waals surface area (Å²) < 4.78 is 0. The molecule has 3 rings (SSSR count). The van der Waals surface area contributed by atoms with Gasteiger partial charge < -0.3 is 10.6 Å². The second-order valence-electron chi connectivity index (χ2n) is 7.83. The van der Waals surface area contributed by atoms with Crippen LogP contribution in [-0.4, -0.2) is 39.8 Å². The fraction of sp³-hybridized carbons (Fsp3) is 0.450. The van der Waals surface area contributed by atoms with Crippen LogP contribution in [0.1, 0.15) is 45.7 Å². The van der Waals surface area contributed by atoms with Crippen molar-refractivity contribution in [3.05, 3.63) is 34.1 Å². The quantitative estimate of drug-likeness (QED) is 0.417. The van der Waals surface area contributed by atoms with E-state index in [9.17, 15) is 14.9 Å². The molecular formula is C20H24N6O2S. The summed E-state index contributed by atoms with van der Waals surface area (Å²) in [7, 11) is 0. The number of thioether (sulfide) groups is 1. The lowest BCUT2D eigenvalue weighted by atomic mass is 9.93. The molecule has 2 aliphatic rings. The second kappa shape index (κ2) is 8.66. The highest BCUT2D eigenvalue weighted by molar-refractivity contribution is 8.06. The van der Waals surface area contributed by atoms with Crippen molar-refractivity contribution in [1.29, 1.82) is 5.26 Å². The lowest BCUT2D eigenvalue weighted by molar-refractivity contribution is -0.138. The molecule has 2 aliphatic heterocycles. The number of imide groups is 1. The summed E-state index contributed by atoms with van der Waals surface area (Å²) in [4.78, 5) is 33.2. The number of hydrogen-bond acceptors (Lipinski definition) is 8. The van der Waals surface area contributed by atoms with Crippen molar-refractivity contribution >= 4 is 35.1 Å². The van der Waals surface area contributed by atoms with Crippen LogP contribution >= 0.6 is 11.8 Å². The van der Waals surface area contributed by atoms with E-state index in [1.165, 1.54) is 16.7 Å². The van der Waals surface area contributed by atoms with Crippen molar-refractivity contribution in [3.63, 3.8) is 0 Å². The molecule has 2 amide bonds. The monoisotopic (exact) mass is 412 g/mol. The Morgan fingerprint density at radius 2 is 2.07 bits per heavy atom. The zero-order valence-electron chi connectivity index (χ0n) is 16.8. The number of likely N-dealkylation sites (tertiary alicyclic amines) is 1. The number of carbonyl (C=O) groups is 2. The lowest BCUT2D eigenvalue weighted by Gasteiger charge is -2.20. The van der Waals surface area contributed by atoms with Crippen molar-refractivity contribution in [3.8, 4) is 6.07 Å². The van der Waals surface area contributed by atoms with Crippen molar-refractivity contribution in [2.45, 2.75) is 40.0 Å². The van der Waals surface area contributed by atoms with Gasteiger partial charge in [-0.2, -0.15) is 5.26 Å². The van der Waals surface area contributed by atoms with Crippen LogP contribution in [0.5, 0.6) is 0 Å². The topological polar surface area (TPSA) is 111 Å². The number of nitrogens with zero attached hydrogens (tertiary/aromatic N) is 4. The first-order valence-electron chi connectivity index (χ1n) is 9.49. The number of nitrogens with one attached hydrogen (secondary N) is 2. The van der Waals surface area contributed by atoms with Gasteiger partial charge in [-0.15, -0.1) is 0 Å². The van der Waals surface area contributed by atoms with E-state index in [4.69, 9.17) is 0 Å². The van der Waals surface area contributed by atoms with E-state index in [-0.39, 0.29) is 17.2 Å². The molecule has 0 radical (unpaired) electrons. The molecule has 29 heavy (non-hydrogen) atoms. The van der Waals surface area contributed by atoms with Gasteiger partial charge in [-0.3, -0.25) is 14.5 Å². The van der Waals surface area contributed by atoms with Crippen LogP contribution in [0, 0.1) is 16.7 Å². The van der Waals surface area contributed by atoms with Gasteiger partial charge >= 0.3 is 0 Å². The third-order valence-electron chi connectivity index (χ3n) is 4.60. The number of nitriles is 1. The Bertz CT molecular complexity index is 910. The van der Waals surface area contributed by atoms with Crippen molar-refractivity contribution in [2.75, 3.05) is 18.4 Å². The maximum atomic E-state index is 11.6. The number of aromatic nitrogens is 2. The number of anilines is 1. The van der Waals surface area contributed by atoms with Crippen molar-refractivity contribution in [2.24, 2.45) is 5.41 Å². The third kappa shape index (κ3) is 4.95. The average Bonchev–Trinajstić information content (AvgIpc) is 3.28. The maximum Gasteiger partial charge on any atom is 0.229 e. The Morgan fingerprint density at radius 3 is 2.69 bits per heavy atom. The molecule has 0 bridgehead atoms. The molecule has 0 aromatic carbocycles. The predicted molar refractivity (Wildman–Crippen MR) is 112 cm³/mol. The first-order valence-corrected chi connectivity index (χ1v) is 10.4. The van der Waals surface area contributed by atoms with E-state index in [1.54, 1.807) is 12.3 Å². The molecule has 1 saturated heterocycles. The molecular weight excluding hydrogens is 388 g/mol. The first-order chi connectivity index (χ1) is 13.8. The SMILES string of the molecule is CC(C)(C)C1=CS/C(=C(/C#N)c2ccnc(NCCCN3C(=O)CCC3=O)n2)N1. The highest BCUT2D eigenvalue weighted by atomic mass is 32.2. The number of amides is 2. The van der Waals surface area contributed by atoms with Crippen molar-refractivity contribution in [1.82, 2.24) is 20.2 Å². The van der Waals surface area contributed by atoms with Crippen molar-refractivity contribution < 1.29 is 9.59 Å². The molecule has 2 N–H and O–H groups in total. The summed E-state index contributed by atoms with van der Waals surface area (Å²) in [5.74, 6) is 0.189. The van der Waals surface area contributed by atoms with E-state index in [1.807, 2.05) is 5.41 Å². The smallest absolute Gasteiger partial charge is 0.229 e. The van der Waals surface area contributed by atoms with Gasteiger partial charge in [0.05, 0.1) is 10.7 Å². The van der Waals surface area contributed by atoms with E-state index >= 15 is 0 Å². The zero-order chi connectivity index (χ0) is 21.0. The number of allylic oxidation sites excluding steroid dienone is 2. The molecule has 1 aromatic heterocycles. The lowest BCUT2D eigenvalue weighted by Crippen LogP contribution is -2.31. The van der Waals surface area contributed by atoms with Crippen LogP contribution in [0.3, 0.4) is 0 Å². The molecule has 152 valence electrons. The third-order valence-corrected chi connectivity index (χ3v) is 5.49. The molecule has 0 aliphatic carbocycles. The maximum absolute atomic E-state index is 11.6. The molecule has 0 saturated carbocycles. The first kappa shape index (κ1) is 20.9. The largest absolute Gasteiger partial charge is 0.354 e. The van der Waals surface area contributed by atoms with Gasteiger partial charge in [-0.25, -0.2) is 9.97 Å². The van der Waals surface area contributed by atoms with Crippen LogP contribution in [0.4, 0.5) is 5.95 Å². The molecule has 9 heteroatoms. The van der Waals surface area contributed by atoms with Gasteiger partial charge in [0.25, 0.3) is 0 Å². The van der Waals surface area contributed by atoms with Gasteiger partial charge in [-0.1, -0.05) is 32.5 Å². The summed E-state index contributed by atoms with van der Waals surface area (Å²) in [6, 6.07) is 3.94. The Hall–Kier alpha value is -2.86. The zero-order valence-corrected chi connectivity index (χ0v) is 17.6. The van der Waals surface area contributed by atoms with Crippen LogP contribution in [-0.2, 0) is 9.59 Å². The van der Waals surface area contributed by atoms with Crippen LogP contribution < -0.4 is 10.6 Å². The molecule has 1 fully saturated rings. The predicted octanol–water partition coefficient (Wildman–Crippen LogP) is 2.84. The minimum atomic E-state index is -0.108. The van der Waals surface area contributed by atoms with Crippen LogP contribution in [0.25, 0.3) is 5.57 Å². The molecule has 0 spiro atoms. The Kier molecular flexibility index (Phi) is 6.23. The summed E-state index contributed by atoms with van der Waals surface area (Å²) in [5.41, 5.74) is 2.02. The second-order valence-corrected chi connectivity index (χ2v) is 8.70. The summed E-state index contributed by atoms with van der Waals surface area (Å²) in [5, 5.41) is 18.9. The van der Waals surface area contributed by atoms with Gasteiger partial charge in [-0.05, 0) is 17.9 Å². The minimum absolute atomic E-state index is 0.0359. The van der Waals surface area contributed by atoms with Gasteiger partial charge in [0, 0.05) is 43.2 Å². The molecule has 3 heterocycles. The number of hydrogen-bond donors (Lipinski definition) is 2. The van der Waals surface area contributed by atoms with Crippen LogP contribution in [0.2, 0.25) is 0 Å². The van der Waals surface area contributed by atoms with E-state index < -0.39 is 0 Å². The highest BCUT2D eigenvalue weighted by Gasteiger charge is 2.28. The molecule has 1 aromatic rings. The normalized spacial score (nSPS) is 18.4. The standard InChI is InChI=1S/C20H24N6O2S/c1-20(2,3)15-12-29-18(25-15)13(11-21)14-7-9-23-19(24-14)22-8-4-10-26-16(27)5-6-17(26)28/h7,9,12,25H,4-6,8,10H2,1-3H3,(H,22,23,24)/b18-13-. The number of carbonyl (C=O) groups excluding carboxylic acids is 2. The summed E-state index contributed by atoms with van der Waals surface area (Å²) >= 11 is 1.48. The van der Waals surface area contributed by atoms with E-state index in [2.05, 4.69) is 47.4 Å². The average molecular weight is 413 g/mol. The van der Waals surface area contributed by atoms with Gasteiger partial charge in [0.1, 0.15) is 11.6 Å². The molecule has 0 atom stereocenters. The Balaban J connectivity index is 1.62. The summed E-state index contributed by atoms with van der Waals surface area (Å²) in [6.07, 6.45) is 2.82. The minimum Gasteiger partial charge on any atom is -0.354 e. The van der Waals surface area contributed by atoms with Gasteiger partial charge in [0.15, 0.2) is 0 Å². The summed E-state index contributed by atoms with van der Waals surface area (Å²) in [6.45, 7) is 7.23. The molecule has 0 unspecified atom stereocenters. The Morgan fingerprint density at radius 1 is 1.34 bits per heavy atom. The molecule has 8 nitrogen and oxygen atoms in total.